The summed E-state index contributed by atoms with van der Waals surface area (Å²) in [6, 6.07) is 13.2. The van der Waals surface area contributed by atoms with E-state index in [1.165, 1.54) is 17.4 Å². The Balaban J connectivity index is 1.34. The smallest absolute Gasteiger partial charge is 0.410 e. The van der Waals surface area contributed by atoms with Gasteiger partial charge in [0.15, 0.2) is 5.82 Å². The van der Waals surface area contributed by atoms with Crippen LogP contribution in [0.3, 0.4) is 0 Å². The highest BCUT2D eigenvalue weighted by atomic mass is 32.2. The Morgan fingerprint density at radius 3 is 2.24 bits per heavy atom. The molecular weight excluding hydrogens is 694 g/mol. The van der Waals surface area contributed by atoms with E-state index < -0.39 is 21.4 Å². The van der Waals surface area contributed by atoms with Crippen LogP contribution in [0.25, 0.3) is 21.8 Å². The quantitative estimate of drug-likeness (QED) is 0.181. The van der Waals surface area contributed by atoms with E-state index in [1.807, 2.05) is 41.5 Å². The number of nitrogens with one attached hydrogen (secondary N) is 2. The number of carbonyl (C=O) groups is 2. The number of anilines is 3. The lowest BCUT2D eigenvalue weighted by Crippen LogP contribution is -2.51. The van der Waals surface area contributed by atoms with Gasteiger partial charge in [-0.25, -0.2) is 32.6 Å². The predicted octanol–water partition coefficient (Wildman–Crippen LogP) is 7.29. The number of piperazine rings is 1. The summed E-state index contributed by atoms with van der Waals surface area (Å²) in [6.07, 6.45) is 1.60. The standard InChI is InChI=1S/C36H44FN7O5S2/c1-8-22-51(47,48)42-26-11-9-10-25(28(26)37)29-30(50-32(41-29)35(2,3)4)27-16-17-38-33(40-27)39-24-14-12-23(13-15-24)31(45)43-18-20-44(21-19-43)34(46)49-36(5,6)7/h9-17,42H,8,18-22H2,1-7H3,(H,38,39,40). The van der Waals surface area contributed by atoms with Crippen LogP contribution in [-0.2, 0) is 20.2 Å². The Morgan fingerprint density at radius 2 is 1.61 bits per heavy atom. The molecule has 3 heterocycles. The maximum absolute atomic E-state index is 16.0. The average Bonchev–Trinajstić information content (AvgIpc) is 3.51. The molecule has 12 nitrogen and oxygen atoms in total. The number of nitrogens with zero attached hydrogens (tertiary/aromatic N) is 5. The Hall–Kier alpha value is -4.63. The van der Waals surface area contributed by atoms with Crippen LogP contribution in [0, 0.1) is 5.82 Å². The van der Waals surface area contributed by atoms with Crippen LogP contribution < -0.4 is 10.0 Å². The van der Waals surface area contributed by atoms with E-state index in [9.17, 15) is 18.0 Å². The molecule has 0 aliphatic carbocycles. The van der Waals surface area contributed by atoms with Crippen LogP contribution in [0.1, 0.15) is 70.3 Å². The normalized spacial score (nSPS) is 14.0. The minimum absolute atomic E-state index is 0.128. The second-order valence-electron chi connectivity index (χ2n) is 14.3. The largest absolute Gasteiger partial charge is 0.444 e. The Bertz CT molecular complexity index is 2000. The van der Waals surface area contributed by atoms with E-state index >= 15 is 4.39 Å². The number of amides is 2. The molecule has 0 atom stereocenters. The topological polar surface area (TPSA) is 147 Å². The van der Waals surface area contributed by atoms with E-state index in [-0.39, 0.29) is 40.4 Å². The Labute approximate surface area is 302 Å². The molecule has 1 aliphatic rings. The molecule has 51 heavy (non-hydrogen) atoms. The van der Waals surface area contributed by atoms with Gasteiger partial charge >= 0.3 is 6.09 Å². The van der Waals surface area contributed by atoms with E-state index in [0.717, 1.165) is 5.01 Å². The van der Waals surface area contributed by atoms with Gasteiger partial charge in [-0.1, -0.05) is 33.8 Å². The van der Waals surface area contributed by atoms with Crippen molar-refractivity contribution >= 4 is 50.7 Å². The van der Waals surface area contributed by atoms with Gasteiger partial charge in [0.1, 0.15) is 5.60 Å². The zero-order valence-corrected chi connectivity index (χ0v) is 31.5. The Kier molecular flexibility index (Phi) is 11.0. The SMILES string of the molecule is CCCS(=O)(=O)Nc1cccc(-c2nc(C(C)(C)C)sc2-c2ccnc(Nc3ccc(C(=O)N4CCN(C(=O)OC(C)(C)C)CC4)cc3)n2)c1F. The molecule has 1 saturated heterocycles. The summed E-state index contributed by atoms with van der Waals surface area (Å²) < 4.78 is 48.7. The van der Waals surface area contributed by atoms with Crippen LogP contribution in [0.2, 0.25) is 0 Å². The van der Waals surface area contributed by atoms with Crippen molar-refractivity contribution in [1.82, 2.24) is 24.8 Å². The zero-order chi connectivity index (χ0) is 37.1. The van der Waals surface area contributed by atoms with E-state index in [4.69, 9.17) is 14.7 Å². The number of benzene rings is 2. The summed E-state index contributed by atoms with van der Waals surface area (Å²) in [5.41, 5.74) is 1.07. The fourth-order valence-electron chi connectivity index (χ4n) is 5.25. The van der Waals surface area contributed by atoms with Gasteiger partial charge in [0, 0.05) is 54.6 Å². The molecule has 1 fully saturated rings. The van der Waals surface area contributed by atoms with Crippen molar-refractivity contribution in [3.05, 3.63) is 71.1 Å². The lowest BCUT2D eigenvalue weighted by atomic mass is 9.98. The van der Waals surface area contributed by atoms with E-state index in [0.29, 0.717) is 60.1 Å². The molecule has 2 N–H and O–H groups in total. The van der Waals surface area contributed by atoms with Crippen molar-refractivity contribution < 1.29 is 27.1 Å². The summed E-state index contributed by atoms with van der Waals surface area (Å²) in [7, 11) is -3.72. The fraction of sp³-hybridized carbons (Fsp3) is 0.417. The van der Waals surface area contributed by atoms with Crippen LogP contribution >= 0.6 is 11.3 Å². The molecule has 5 rings (SSSR count). The van der Waals surface area contributed by atoms with Crippen molar-refractivity contribution in [2.45, 2.75) is 65.9 Å². The Morgan fingerprint density at radius 1 is 0.941 bits per heavy atom. The molecule has 1 aliphatic heterocycles. The molecule has 0 unspecified atom stereocenters. The third kappa shape index (κ3) is 9.38. The van der Waals surface area contributed by atoms with Crippen LogP contribution in [0.15, 0.2) is 54.7 Å². The summed E-state index contributed by atoms with van der Waals surface area (Å²) in [5.74, 6) is -0.707. The molecule has 0 spiro atoms. The minimum Gasteiger partial charge on any atom is -0.444 e. The fourth-order valence-corrected chi connectivity index (χ4v) is 7.49. The predicted molar refractivity (Wildman–Crippen MR) is 198 cm³/mol. The second kappa shape index (κ2) is 14.9. The number of thiazole rings is 1. The highest BCUT2D eigenvalue weighted by Crippen LogP contribution is 2.42. The minimum atomic E-state index is -3.72. The van der Waals surface area contributed by atoms with Gasteiger partial charge < -0.3 is 19.9 Å². The molecule has 0 radical (unpaired) electrons. The molecule has 0 saturated carbocycles. The first-order valence-electron chi connectivity index (χ1n) is 16.7. The van der Waals surface area contributed by atoms with Crippen molar-refractivity contribution in [2.75, 3.05) is 42.0 Å². The first-order valence-corrected chi connectivity index (χ1v) is 19.2. The van der Waals surface area contributed by atoms with Crippen molar-refractivity contribution in [2.24, 2.45) is 0 Å². The van der Waals surface area contributed by atoms with Crippen LogP contribution in [-0.4, -0.2) is 82.7 Å². The van der Waals surface area contributed by atoms with E-state index in [2.05, 4.69) is 15.0 Å². The van der Waals surface area contributed by atoms with Gasteiger partial charge in [0.2, 0.25) is 16.0 Å². The lowest BCUT2D eigenvalue weighted by Gasteiger charge is -2.35. The molecule has 2 aromatic carbocycles. The first kappa shape index (κ1) is 37.6. The molecule has 0 bridgehead atoms. The average molecular weight is 738 g/mol. The second-order valence-corrected chi connectivity index (χ2v) is 17.1. The molecule has 2 aromatic heterocycles. The maximum atomic E-state index is 16.0. The molecule has 15 heteroatoms. The highest BCUT2D eigenvalue weighted by Gasteiger charge is 2.29. The van der Waals surface area contributed by atoms with Crippen molar-refractivity contribution in [3.63, 3.8) is 0 Å². The summed E-state index contributed by atoms with van der Waals surface area (Å²) in [5, 5.41) is 3.93. The third-order valence-electron chi connectivity index (χ3n) is 7.76. The van der Waals surface area contributed by atoms with Gasteiger partial charge in [-0.15, -0.1) is 11.3 Å². The number of aromatic nitrogens is 3. The van der Waals surface area contributed by atoms with Gasteiger partial charge in [0.25, 0.3) is 5.91 Å². The number of halogens is 1. The summed E-state index contributed by atoms with van der Waals surface area (Å²) in [6.45, 7) is 14.8. The van der Waals surface area contributed by atoms with Crippen molar-refractivity contribution in [3.8, 4) is 21.8 Å². The van der Waals surface area contributed by atoms with Gasteiger partial charge in [-0.2, -0.15) is 0 Å². The van der Waals surface area contributed by atoms with Crippen molar-refractivity contribution in [1.29, 1.82) is 0 Å². The van der Waals surface area contributed by atoms with Crippen LogP contribution in [0.4, 0.5) is 26.5 Å². The third-order valence-corrected chi connectivity index (χ3v) is 10.7. The molecular formula is C36H44FN7O5S2. The van der Waals surface area contributed by atoms with Gasteiger partial charge in [-0.3, -0.25) is 9.52 Å². The van der Waals surface area contributed by atoms with Gasteiger partial charge in [0.05, 0.1) is 32.7 Å². The maximum Gasteiger partial charge on any atom is 0.410 e. The summed E-state index contributed by atoms with van der Waals surface area (Å²) in [4.78, 5) is 43.5. The monoisotopic (exact) mass is 737 g/mol. The number of carbonyl (C=O) groups excluding carboxylic acids is 2. The number of rotatable bonds is 9. The first-order chi connectivity index (χ1) is 23.9. The molecule has 272 valence electrons. The van der Waals surface area contributed by atoms with E-state index in [1.54, 1.807) is 65.4 Å². The molecule has 4 aromatic rings. The number of hydrogen-bond donors (Lipinski definition) is 2. The number of hydrogen-bond acceptors (Lipinski definition) is 10. The van der Waals surface area contributed by atoms with Gasteiger partial charge in [-0.05, 0) is 69.7 Å². The van der Waals surface area contributed by atoms with Crippen LogP contribution in [0.5, 0.6) is 0 Å². The highest BCUT2D eigenvalue weighted by molar-refractivity contribution is 7.92. The number of ether oxygens (including phenoxy) is 1. The molecule has 2 amide bonds. The number of sulfonamides is 1. The lowest BCUT2D eigenvalue weighted by molar-refractivity contribution is 0.0141. The zero-order valence-electron chi connectivity index (χ0n) is 29.9. The summed E-state index contributed by atoms with van der Waals surface area (Å²) >= 11 is 1.38.